The minimum absolute atomic E-state index is 0.138. The van der Waals surface area contributed by atoms with E-state index in [0.717, 1.165) is 45.5 Å². The second-order valence-electron chi connectivity index (χ2n) is 5.12. The summed E-state index contributed by atoms with van der Waals surface area (Å²) in [6.07, 6.45) is 9.06. The molecule has 0 amide bonds. The molecule has 1 aromatic rings. The zero-order valence-electron chi connectivity index (χ0n) is 10.8. The summed E-state index contributed by atoms with van der Waals surface area (Å²) in [6.45, 7) is 0.752. The summed E-state index contributed by atoms with van der Waals surface area (Å²) in [5, 5.41) is 0. The van der Waals surface area contributed by atoms with Crippen LogP contribution in [0.15, 0.2) is 70.0 Å². The van der Waals surface area contributed by atoms with E-state index in [2.05, 4.69) is 33.0 Å². The van der Waals surface area contributed by atoms with Gasteiger partial charge in [-0.3, -0.25) is 4.79 Å². The molecule has 0 saturated carbocycles. The average Bonchev–Trinajstić information content (AvgIpc) is 2.47. The highest BCUT2D eigenvalue weighted by atomic mass is 79.9. The van der Waals surface area contributed by atoms with Crippen molar-refractivity contribution in [3.8, 4) is 0 Å². The maximum absolute atomic E-state index is 12.8. The van der Waals surface area contributed by atoms with Crippen molar-refractivity contribution >= 4 is 21.7 Å². The molecule has 0 saturated heterocycles. The van der Waals surface area contributed by atoms with Gasteiger partial charge in [-0.2, -0.15) is 0 Å². The Morgan fingerprint density at radius 3 is 2.95 bits per heavy atom. The minimum atomic E-state index is 0.138. The molecule has 3 aliphatic rings. The number of halogens is 1. The Labute approximate surface area is 125 Å². The lowest BCUT2D eigenvalue weighted by molar-refractivity contribution is 0.0996. The molecule has 1 aliphatic carbocycles. The first kappa shape index (κ1) is 11.9. The van der Waals surface area contributed by atoms with Crippen molar-refractivity contribution in [2.75, 3.05) is 6.54 Å². The summed E-state index contributed by atoms with van der Waals surface area (Å²) in [6, 6.07) is 7.90. The van der Waals surface area contributed by atoms with Gasteiger partial charge in [-0.15, -0.1) is 0 Å². The van der Waals surface area contributed by atoms with E-state index in [9.17, 15) is 4.79 Å². The zero-order chi connectivity index (χ0) is 13.7. The first-order chi connectivity index (χ1) is 9.75. The molecule has 3 heteroatoms. The van der Waals surface area contributed by atoms with E-state index in [-0.39, 0.29) is 5.78 Å². The van der Waals surface area contributed by atoms with Crippen molar-refractivity contribution in [1.82, 2.24) is 4.90 Å². The molecular weight excluding hydrogens is 314 g/mol. The molecule has 98 valence electrons. The van der Waals surface area contributed by atoms with Crippen molar-refractivity contribution in [3.63, 3.8) is 0 Å². The Hall–Kier alpha value is -1.87. The van der Waals surface area contributed by atoms with Gasteiger partial charge in [-0.25, -0.2) is 0 Å². The molecule has 0 fully saturated rings. The number of carbonyl (C=O) groups excluding carboxylic acids is 1. The van der Waals surface area contributed by atoms with Crippen molar-refractivity contribution in [2.24, 2.45) is 0 Å². The summed E-state index contributed by atoms with van der Waals surface area (Å²) in [4.78, 5) is 14.9. The number of fused-ring (bicyclic) bond motifs is 3. The quantitative estimate of drug-likeness (QED) is 0.724. The lowest BCUT2D eigenvalue weighted by Gasteiger charge is -2.36. The van der Waals surface area contributed by atoms with E-state index in [0.29, 0.717) is 0 Å². The number of benzene rings is 1. The Kier molecular flexibility index (Phi) is 2.57. The van der Waals surface area contributed by atoms with Gasteiger partial charge in [-0.05, 0) is 39.2 Å². The summed E-state index contributed by atoms with van der Waals surface area (Å²) in [5.41, 5.74) is 4.97. The van der Waals surface area contributed by atoms with E-state index >= 15 is 0 Å². The van der Waals surface area contributed by atoms with Gasteiger partial charge in [0.2, 0.25) is 5.78 Å². The minimum Gasteiger partial charge on any atom is -0.333 e. The summed E-state index contributed by atoms with van der Waals surface area (Å²) in [7, 11) is 0. The van der Waals surface area contributed by atoms with Crippen LogP contribution in [0, 0.1) is 0 Å². The number of ketones is 1. The first-order valence-electron chi connectivity index (χ1n) is 6.63. The number of rotatable bonds is 0. The highest BCUT2D eigenvalue weighted by molar-refractivity contribution is 9.12. The van der Waals surface area contributed by atoms with Gasteiger partial charge < -0.3 is 4.90 Å². The Balaban J connectivity index is 1.90. The molecule has 4 rings (SSSR count). The topological polar surface area (TPSA) is 20.3 Å². The predicted molar refractivity (Wildman–Crippen MR) is 82.4 cm³/mol. The first-order valence-corrected chi connectivity index (χ1v) is 7.42. The van der Waals surface area contributed by atoms with Crippen molar-refractivity contribution in [1.29, 1.82) is 0 Å². The third kappa shape index (κ3) is 1.59. The van der Waals surface area contributed by atoms with Crippen LogP contribution in [0.5, 0.6) is 0 Å². The predicted octanol–water partition coefficient (Wildman–Crippen LogP) is 3.73. The number of nitrogens with zero attached hydrogens (tertiary/aromatic N) is 1. The number of Topliss-reactive ketones (excluding diaryl/α,β-unsaturated/α-hetero) is 1. The molecule has 1 aromatic carbocycles. The van der Waals surface area contributed by atoms with Crippen molar-refractivity contribution in [2.45, 2.75) is 6.42 Å². The van der Waals surface area contributed by atoms with Crippen LogP contribution in [0.1, 0.15) is 15.9 Å². The second-order valence-corrected chi connectivity index (χ2v) is 5.97. The van der Waals surface area contributed by atoms with Crippen LogP contribution in [-0.2, 0) is 6.42 Å². The maximum Gasteiger partial charge on any atom is 0.209 e. The standard InChI is InChI=1S/C17H12BrNO/c18-14-10-12-9-11-5-1-2-6-13(11)17(20)16(12)19-8-4-3-7-15(14)19/h1-7,10H,8-9H2. The maximum atomic E-state index is 12.8. The number of hydrogen-bond acceptors (Lipinski definition) is 2. The van der Waals surface area contributed by atoms with Crippen LogP contribution in [0.2, 0.25) is 0 Å². The van der Waals surface area contributed by atoms with E-state index in [4.69, 9.17) is 0 Å². The van der Waals surface area contributed by atoms with Gasteiger partial charge >= 0.3 is 0 Å². The molecule has 0 unspecified atom stereocenters. The van der Waals surface area contributed by atoms with Crippen LogP contribution in [-0.4, -0.2) is 17.2 Å². The van der Waals surface area contributed by atoms with E-state index in [1.807, 2.05) is 36.4 Å². The van der Waals surface area contributed by atoms with Crippen molar-refractivity contribution in [3.05, 3.63) is 81.1 Å². The van der Waals surface area contributed by atoms with E-state index in [1.165, 1.54) is 0 Å². The van der Waals surface area contributed by atoms with Gasteiger partial charge in [0.05, 0.1) is 11.4 Å². The molecule has 0 spiro atoms. The normalized spacial score (nSPS) is 20.1. The molecule has 0 N–H and O–H groups in total. The molecule has 0 aromatic heterocycles. The van der Waals surface area contributed by atoms with Gasteiger partial charge in [0, 0.05) is 23.0 Å². The zero-order valence-corrected chi connectivity index (χ0v) is 12.4. The molecule has 20 heavy (non-hydrogen) atoms. The number of hydrogen-bond donors (Lipinski definition) is 0. The fourth-order valence-corrected chi connectivity index (χ4v) is 3.66. The van der Waals surface area contributed by atoms with Gasteiger partial charge in [0.25, 0.3) is 0 Å². The van der Waals surface area contributed by atoms with Crippen molar-refractivity contribution < 1.29 is 4.79 Å². The van der Waals surface area contributed by atoms with E-state index < -0.39 is 0 Å². The molecule has 0 bridgehead atoms. The summed E-state index contributed by atoms with van der Waals surface area (Å²) >= 11 is 3.62. The lowest BCUT2D eigenvalue weighted by atomic mass is 9.85. The Bertz CT molecular complexity index is 752. The Morgan fingerprint density at radius 1 is 1.20 bits per heavy atom. The second kappa shape index (κ2) is 4.32. The fourth-order valence-electron chi connectivity index (χ4n) is 3.03. The third-order valence-corrected chi connectivity index (χ3v) is 4.58. The highest BCUT2D eigenvalue weighted by Gasteiger charge is 2.33. The van der Waals surface area contributed by atoms with Gasteiger partial charge in [0.15, 0.2) is 0 Å². The molecule has 0 atom stereocenters. The van der Waals surface area contributed by atoms with Crippen LogP contribution < -0.4 is 0 Å². The van der Waals surface area contributed by atoms with Gasteiger partial charge in [-0.1, -0.05) is 36.4 Å². The molecule has 2 aliphatic heterocycles. The average molecular weight is 326 g/mol. The van der Waals surface area contributed by atoms with Crippen LogP contribution in [0.25, 0.3) is 0 Å². The Morgan fingerprint density at radius 2 is 2.05 bits per heavy atom. The number of carbonyl (C=O) groups is 1. The molecule has 0 radical (unpaired) electrons. The van der Waals surface area contributed by atoms with Crippen LogP contribution >= 0.6 is 15.9 Å². The molecule has 2 nitrogen and oxygen atoms in total. The SMILES string of the molecule is O=C1C2=C(C=C(Br)C3=CC=CCN32)Cc2ccccc21. The van der Waals surface area contributed by atoms with Gasteiger partial charge in [0.1, 0.15) is 0 Å². The molecule has 2 heterocycles. The smallest absolute Gasteiger partial charge is 0.209 e. The number of allylic oxidation sites excluding steroid dienone is 6. The third-order valence-electron chi connectivity index (χ3n) is 3.95. The monoisotopic (exact) mass is 325 g/mol. The van der Waals surface area contributed by atoms with E-state index in [1.54, 1.807) is 0 Å². The summed E-state index contributed by atoms with van der Waals surface area (Å²) in [5.74, 6) is 0.138. The highest BCUT2D eigenvalue weighted by Crippen LogP contribution is 2.39. The molecular formula is C17H12BrNO. The van der Waals surface area contributed by atoms with Crippen LogP contribution in [0.4, 0.5) is 0 Å². The lowest BCUT2D eigenvalue weighted by Crippen LogP contribution is -2.34. The largest absolute Gasteiger partial charge is 0.333 e. The fraction of sp³-hybridized carbons (Fsp3) is 0.118. The van der Waals surface area contributed by atoms with Crippen LogP contribution in [0.3, 0.4) is 0 Å². The summed E-state index contributed by atoms with van der Waals surface area (Å²) < 4.78 is 1.05.